The fourth-order valence-electron chi connectivity index (χ4n) is 2.50. The third-order valence-corrected chi connectivity index (χ3v) is 3.85. The van der Waals surface area contributed by atoms with Gasteiger partial charge in [-0.25, -0.2) is 0 Å². The van der Waals surface area contributed by atoms with Crippen molar-refractivity contribution in [2.75, 3.05) is 6.54 Å². The highest BCUT2D eigenvalue weighted by atomic mass is 16.3. The molecule has 0 heterocycles. The van der Waals surface area contributed by atoms with Crippen molar-refractivity contribution in [1.29, 1.82) is 0 Å². The van der Waals surface area contributed by atoms with E-state index in [1.165, 1.54) is 19.3 Å². The van der Waals surface area contributed by atoms with Gasteiger partial charge in [0, 0.05) is 13.0 Å². The Bertz CT molecular complexity index is 230. The largest absolute Gasteiger partial charge is 0.388 e. The summed E-state index contributed by atoms with van der Waals surface area (Å²) in [4.78, 5) is 11.5. The molecule has 0 bridgehead atoms. The molecule has 0 radical (unpaired) electrons. The summed E-state index contributed by atoms with van der Waals surface area (Å²) >= 11 is 0. The van der Waals surface area contributed by atoms with Crippen LogP contribution in [0.5, 0.6) is 0 Å². The summed E-state index contributed by atoms with van der Waals surface area (Å²) in [5.41, 5.74) is -0.602. The second-order valence-electron chi connectivity index (χ2n) is 5.21. The smallest absolute Gasteiger partial charge is 0.220 e. The van der Waals surface area contributed by atoms with Gasteiger partial charge in [-0.05, 0) is 31.6 Å². The van der Waals surface area contributed by atoms with Gasteiger partial charge >= 0.3 is 0 Å². The molecule has 0 aromatic rings. The Labute approximate surface area is 91.2 Å². The van der Waals surface area contributed by atoms with E-state index < -0.39 is 5.60 Å². The molecule has 0 aliphatic heterocycles. The van der Waals surface area contributed by atoms with Gasteiger partial charge in [0.25, 0.3) is 0 Å². The molecule has 0 spiro atoms. The van der Waals surface area contributed by atoms with Crippen molar-refractivity contribution in [2.24, 2.45) is 5.92 Å². The van der Waals surface area contributed by atoms with Crippen molar-refractivity contribution in [3.8, 4) is 0 Å². The van der Waals surface area contributed by atoms with Gasteiger partial charge in [-0.2, -0.15) is 0 Å². The van der Waals surface area contributed by atoms with E-state index in [2.05, 4.69) is 5.32 Å². The Hall–Kier alpha value is -0.570. The van der Waals surface area contributed by atoms with Crippen molar-refractivity contribution >= 4 is 5.91 Å². The summed E-state index contributed by atoms with van der Waals surface area (Å²) < 4.78 is 0. The van der Waals surface area contributed by atoms with Gasteiger partial charge in [0.1, 0.15) is 0 Å². The molecule has 2 rings (SSSR count). The maximum absolute atomic E-state index is 11.5. The van der Waals surface area contributed by atoms with Gasteiger partial charge in [0.2, 0.25) is 5.91 Å². The van der Waals surface area contributed by atoms with Gasteiger partial charge in [-0.15, -0.1) is 0 Å². The van der Waals surface area contributed by atoms with E-state index in [-0.39, 0.29) is 5.91 Å². The Morgan fingerprint density at radius 3 is 2.47 bits per heavy atom. The number of amides is 1. The molecule has 0 atom stereocenters. The van der Waals surface area contributed by atoms with Crippen molar-refractivity contribution in [1.82, 2.24) is 5.32 Å². The minimum atomic E-state index is -0.602. The predicted octanol–water partition coefficient (Wildman–Crippen LogP) is 1.60. The van der Waals surface area contributed by atoms with Gasteiger partial charge < -0.3 is 10.4 Å². The SMILES string of the molecule is O=C(CC1CCC1)NCC1(O)CCCC1. The molecule has 86 valence electrons. The van der Waals surface area contributed by atoms with Gasteiger partial charge in [0.05, 0.1) is 5.60 Å². The molecule has 1 amide bonds. The number of hydrogen-bond acceptors (Lipinski definition) is 2. The zero-order valence-electron chi connectivity index (χ0n) is 9.30. The van der Waals surface area contributed by atoms with Crippen molar-refractivity contribution in [3.05, 3.63) is 0 Å². The molecule has 3 heteroatoms. The standard InChI is InChI=1S/C12H21NO2/c14-11(8-10-4-3-5-10)13-9-12(15)6-1-2-7-12/h10,15H,1-9H2,(H,13,14). The second kappa shape index (κ2) is 4.52. The number of nitrogens with one attached hydrogen (secondary N) is 1. The molecule has 0 unspecified atom stereocenters. The van der Waals surface area contributed by atoms with Crippen LogP contribution in [0.4, 0.5) is 0 Å². The van der Waals surface area contributed by atoms with Crippen LogP contribution in [0.25, 0.3) is 0 Å². The van der Waals surface area contributed by atoms with Crippen LogP contribution in [0, 0.1) is 5.92 Å². The predicted molar refractivity (Wildman–Crippen MR) is 58.4 cm³/mol. The molecular weight excluding hydrogens is 190 g/mol. The van der Waals surface area contributed by atoms with Crippen molar-refractivity contribution < 1.29 is 9.90 Å². The average Bonchev–Trinajstić information content (AvgIpc) is 2.57. The Morgan fingerprint density at radius 1 is 1.27 bits per heavy atom. The Balaban J connectivity index is 1.65. The number of carbonyl (C=O) groups is 1. The summed E-state index contributed by atoms with van der Waals surface area (Å²) in [5.74, 6) is 0.739. The lowest BCUT2D eigenvalue weighted by Crippen LogP contribution is -2.41. The fourth-order valence-corrected chi connectivity index (χ4v) is 2.50. The van der Waals surface area contributed by atoms with Crippen LogP contribution in [-0.2, 0) is 4.79 Å². The first-order chi connectivity index (χ1) is 7.18. The summed E-state index contributed by atoms with van der Waals surface area (Å²) in [6.45, 7) is 0.457. The van der Waals surface area contributed by atoms with Gasteiger partial charge in [0.15, 0.2) is 0 Å². The van der Waals surface area contributed by atoms with E-state index in [1.54, 1.807) is 0 Å². The third kappa shape index (κ3) is 2.94. The highest BCUT2D eigenvalue weighted by molar-refractivity contribution is 5.76. The summed E-state index contributed by atoms with van der Waals surface area (Å²) in [7, 11) is 0. The summed E-state index contributed by atoms with van der Waals surface area (Å²) in [6, 6.07) is 0. The van der Waals surface area contributed by atoms with Crippen LogP contribution in [0.15, 0.2) is 0 Å². The van der Waals surface area contributed by atoms with E-state index in [4.69, 9.17) is 0 Å². The summed E-state index contributed by atoms with van der Waals surface area (Å²) in [6.07, 6.45) is 8.23. The monoisotopic (exact) mass is 211 g/mol. The van der Waals surface area contributed by atoms with Crippen LogP contribution < -0.4 is 5.32 Å². The lowest BCUT2D eigenvalue weighted by Gasteiger charge is -2.26. The second-order valence-corrected chi connectivity index (χ2v) is 5.21. The van der Waals surface area contributed by atoms with Crippen molar-refractivity contribution in [2.45, 2.75) is 57.0 Å². The first-order valence-electron chi connectivity index (χ1n) is 6.17. The number of hydrogen-bond donors (Lipinski definition) is 2. The lowest BCUT2D eigenvalue weighted by molar-refractivity contribution is -0.123. The molecule has 2 N–H and O–H groups in total. The maximum atomic E-state index is 11.5. The van der Waals surface area contributed by atoms with Crippen LogP contribution in [0.2, 0.25) is 0 Å². The first kappa shape index (κ1) is 10.9. The molecule has 3 nitrogen and oxygen atoms in total. The van der Waals surface area contributed by atoms with Gasteiger partial charge in [-0.1, -0.05) is 19.3 Å². The quantitative estimate of drug-likeness (QED) is 0.742. The molecule has 0 saturated heterocycles. The number of carbonyl (C=O) groups excluding carboxylic acids is 1. The van der Waals surface area contributed by atoms with E-state index in [0.717, 1.165) is 25.7 Å². The number of rotatable bonds is 4. The van der Waals surface area contributed by atoms with E-state index in [1.807, 2.05) is 0 Å². The fraction of sp³-hybridized carbons (Fsp3) is 0.917. The molecule has 2 fully saturated rings. The van der Waals surface area contributed by atoms with E-state index in [0.29, 0.717) is 18.9 Å². The van der Waals surface area contributed by atoms with Crippen LogP contribution in [0.3, 0.4) is 0 Å². The lowest BCUT2D eigenvalue weighted by atomic mass is 9.83. The Kier molecular flexibility index (Phi) is 3.29. The molecule has 2 saturated carbocycles. The minimum Gasteiger partial charge on any atom is -0.388 e. The van der Waals surface area contributed by atoms with Crippen molar-refractivity contribution in [3.63, 3.8) is 0 Å². The third-order valence-electron chi connectivity index (χ3n) is 3.85. The maximum Gasteiger partial charge on any atom is 0.220 e. The molecule has 0 aromatic carbocycles. The molecule has 2 aliphatic rings. The molecular formula is C12H21NO2. The van der Waals surface area contributed by atoms with E-state index in [9.17, 15) is 9.90 Å². The topological polar surface area (TPSA) is 49.3 Å². The normalized spacial score (nSPS) is 24.9. The highest BCUT2D eigenvalue weighted by Gasteiger charge is 2.31. The average molecular weight is 211 g/mol. The number of aliphatic hydroxyl groups is 1. The minimum absolute atomic E-state index is 0.125. The molecule has 2 aliphatic carbocycles. The Morgan fingerprint density at radius 2 is 1.93 bits per heavy atom. The molecule has 0 aromatic heterocycles. The van der Waals surface area contributed by atoms with Crippen LogP contribution >= 0.6 is 0 Å². The van der Waals surface area contributed by atoms with E-state index >= 15 is 0 Å². The van der Waals surface area contributed by atoms with Crippen LogP contribution in [-0.4, -0.2) is 23.2 Å². The van der Waals surface area contributed by atoms with Gasteiger partial charge in [-0.3, -0.25) is 4.79 Å². The summed E-state index contributed by atoms with van der Waals surface area (Å²) in [5, 5.41) is 12.9. The molecule has 15 heavy (non-hydrogen) atoms. The zero-order chi connectivity index (χ0) is 10.7. The zero-order valence-corrected chi connectivity index (χ0v) is 9.30. The highest BCUT2D eigenvalue weighted by Crippen LogP contribution is 2.30. The van der Waals surface area contributed by atoms with Crippen LogP contribution in [0.1, 0.15) is 51.4 Å². The first-order valence-corrected chi connectivity index (χ1v) is 6.17.